The Morgan fingerprint density at radius 2 is 1.78 bits per heavy atom. The Morgan fingerprint density at radius 1 is 1.12 bits per heavy atom. The number of benzene rings is 2. The fourth-order valence-electron chi connectivity index (χ4n) is 9.17. The van der Waals surface area contributed by atoms with E-state index >= 15 is 0 Å². The van der Waals surface area contributed by atoms with Gasteiger partial charge in [-0.15, -0.1) is 0 Å². The summed E-state index contributed by atoms with van der Waals surface area (Å²) in [6.45, 7) is 4.25. The van der Waals surface area contributed by atoms with Crippen molar-refractivity contribution in [2.24, 2.45) is 11.8 Å². The van der Waals surface area contributed by atoms with Gasteiger partial charge in [0.05, 0.1) is 80.5 Å². The number of nitro groups is 1. The summed E-state index contributed by atoms with van der Waals surface area (Å²) in [5.41, 5.74) is 3.96. The Balaban J connectivity index is 0.000000200. The number of carbonyl (C=O) groups excluding carboxylic acids is 3. The van der Waals surface area contributed by atoms with Gasteiger partial charge in [-0.1, -0.05) is 6.08 Å². The van der Waals surface area contributed by atoms with Gasteiger partial charge in [0.1, 0.15) is 6.04 Å². The van der Waals surface area contributed by atoms with E-state index in [1.54, 1.807) is 24.7 Å². The minimum absolute atomic E-state index is 0.0128. The number of quaternary nitrogens is 1. The predicted octanol–water partition coefficient (Wildman–Crippen LogP) is -0.627. The number of anilines is 1. The van der Waals surface area contributed by atoms with Gasteiger partial charge in [0.2, 0.25) is 5.91 Å². The van der Waals surface area contributed by atoms with Gasteiger partial charge in [-0.2, -0.15) is 0 Å². The van der Waals surface area contributed by atoms with Crippen LogP contribution in [0, 0.1) is 22.0 Å². The average molecular weight is 697 g/mol. The van der Waals surface area contributed by atoms with Crippen LogP contribution in [-0.4, -0.2) is 105 Å². The molecule has 1 unspecified atom stereocenters. The molecule has 0 aromatic heterocycles. The number of nitrogens with one attached hydrogen (secondary N) is 2. The number of carboxylic acids is 1. The van der Waals surface area contributed by atoms with Gasteiger partial charge in [-0.25, -0.2) is 0 Å². The van der Waals surface area contributed by atoms with Crippen molar-refractivity contribution in [1.82, 2.24) is 5.32 Å². The van der Waals surface area contributed by atoms with Gasteiger partial charge in [-0.3, -0.25) is 19.7 Å². The minimum Gasteiger partial charge on any atom is -0.548 e. The van der Waals surface area contributed by atoms with Crippen molar-refractivity contribution in [3.8, 4) is 11.5 Å². The van der Waals surface area contributed by atoms with E-state index in [1.807, 2.05) is 0 Å². The third-order valence-corrected chi connectivity index (χ3v) is 11.0. The Kier molecular flexibility index (Phi) is 10.8. The number of amides is 2. The van der Waals surface area contributed by atoms with E-state index in [4.69, 9.17) is 24.4 Å². The van der Waals surface area contributed by atoms with Crippen molar-refractivity contribution in [3.05, 3.63) is 69.3 Å². The number of aliphatic hydroxyl groups is 2. The highest BCUT2D eigenvalue weighted by atomic mass is 16.6. The maximum Gasteiger partial charge on any atom is 0.269 e. The number of hydrogen-bond donors (Lipinski definition) is 4. The number of carboxylic acid groups (broad SMARTS) is 1. The largest absolute Gasteiger partial charge is 0.548 e. The van der Waals surface area contributed by atoms with Crippen LogP contribution in [0.5, 0.6) is 11.5 Å². The number of ether oxygens (including phenoxy) is 3. The second kappa shape index (κ2) is 14.7. The van der Waals surface area contributed by atoms with Crippen molar-refractivity contribution < 1.29 is 53.7 Å². The minimum atomic E-state index is -1.40. The lowest BCUT2D eigenvalue weighted by molar-refractivity contribution is -0.916. The molecule has 2 amide bonds. The fraction of sp³-hybridized carbons (Fsp3) is 0.514. The predicted molar refractivity (Wildman–Crippen MR) is 177 cm³/mol. The number of nitro benzene ring substituents is 1. The monoisotopic (exact) mass is 696 g/mol. The van der Waals surface area contributed by atoms with Gasteiger partial charge in [-0.05, 0) is 42.2 Å². The lowest BCUT2D eigenvalue weighted by Gasteiger charge is -2.56. The summed E-state index contributed by atoms with van der Waals surface area (Å²) >= 11 is 0. The number of fused-ring (bicyclic) bond motifs is 2. The smallest absolute Gasteiger partial charge is 0.269 e. The highest BCUT2D eigenvalue weighted by molar-refractivity contribution is 6.00. The zero-order valence-corrected chi connectivity index (χ0v) is 28.7. The van der Waals surface area contributed by atoms with Crippen molar-refractivity contribution >= 4 is 29.2 Å². The maximum absolute atomic E-state index is 13.5. The van der Waals surface area contributed by atoms with Crippen LogP contribution >= 0.6 is 0 Å². The maximum atomic E-state index is 13.5. The first-order chi connectivity index (χ1) is 24.1. The highest BCUT2D eigenvalue weighted by Gasteiger charge is 2.73. The molecule has 2 aromatic carbocycles. The summed E-state index contributed by atoms with van der Waals surface area (Å²) in [5.74, 6) is 0.603. The van der Waals surface area contributed by atoms with E-state index in [2.05, 4.69) is 28.4 Å². The third kappa shape index (κ3) is 5.87. The molecule has 4 N–H and O–H groups in total. The normalized spacial score (nSPS) is 29.1. The summed E-state index contributed by atoms with van der Waals surface area (Å²) < 4.78 is 17.6. The van der Waals surface area contributed by atoms with Crippen LogP contribution in [0.1, 0.15) is 42.1 Å². The number of nitrogens with zero attached hydrogens (tertiary/aromatic N) is 2. The number of carbonyl (C=O) groups is 3. The van der Waals surface area contributed by atoms with Crippen molar-refractivity contribution in [1.29, 1.82) is 0 Å². The van der Waals surface area contributed by atoms with E-state index in [-0.39, 0.29) is 34.7 Å². The first-order valence-electron chi connectivity index (χ1n) is 16.5. The molecular weight excluding hydrogens is 652 g/mol. The van der Waals surface area contributed by atoms with E-state index < -0.39 is 22.8 Å². The summed E-state index contributed by atoms with van der Waals surface area (Å²) in [5, 5.41) is 36.9. The number of methoxy groups -OCH3 is 2. The topological polar surface area (TPSA) is 205 Å². The van der Waals surface area contributed by atoms with Crippen molar-refractivity contribution in [3.63, 3.8) is 0 Å². The molecule has 50 heavy (non-hydrogen) atoms. The molecule has 5 heterocycles. The average Bonchev–Trinajstić information content (AvgIpc) is 3.60. The lowest BCUT2D eigenvalue weighted by Crippen LogP contribution is -3.16. The number of non-ortho nitro benzene ring substituents is 1. The van der Waals surface area contributed by atoms with Crippen LogP contribution in [0.3, 0.4) is 0 Å². The molecule has 6 aliphatic rings. The zero-order chi connectivity index (χ0) is 36.5. The van der Waals surface area contributed by atoms with E-state index in [1.165, 1.54) is 49.7 Å². The highest BCUT2D eigenvalue weighted by Crippen LogP contribution is 2.63. The van der Waals surface area contributed by atoms with Gasteiger partial charge < -0.3 is 49.4 Å². The second-order valence-electron chi connectivity index (χ2n) is 13.0. The molecule has 5 aliphatic heterocycles. The number of piperidine rings is 2. The first-order valence-corrected chi connectivity index (χ1v) is 16.5. The Labute approximate surface area is 289 Å². The van der Waals surface area contributed by atoms with Crippen molar-refractivity contribution in [2.45, 2.75) is 55.8 Å². The molecule has 270 valence electrons. The molecule has 4 fully saturated rings. The van der Waals surface area contributed by atoms with Gasteiger partial charge in [0.15, 0.2) is 11.5 Å². The summed E-state index contributed by atoms with van der Waals surface area (Å²) in [6.07, 6.45) is 5.22. The molecule has 8 rings (SSSR count). The SMILES string of the molecule is CO.CO.COc1cc2c(cc1OC)[C@@]13CC[NH+]4CC5=CCO[C@H]6CC(=O)N2[C@H]1[C@H]6[C@H]5C[C@H]43.C[C@@H](NC(=O)c1ccc([N+](=O)[O-])cc1)C(=O)[O-]. The second-order valence-corrected chi connectivity index (χ2v) is 13.0. The van der Waals surface area contributed by atoms with Gasteiger partial charge >= 0.3 is 0 Å². The van der Waals surface area contributed by atoms with Crippen LogP contribution in [0.4, 0.5) is 11.4 Å². The van der Waals surface area contributed by atoms with Gasteiger partial charge in [0.25, 0.3) is 11.6 Å². The lowest BCUT2D eigenvalue weighted by atomic mass is 9.53. The van der Waals surface area contributed by atoms with Crippen LogP contribution in [0.2, 0.25) is 0 Å². The molecule has 2 bridgehead atoms. The van der Waals surface area contributed by atoms with Crippen LogP contribution < -0.4 is 29.7 Å². The van der Waals surface area contributed by atoms with E-state index in [9.17, 15) is 29.6 Å². The third-order valence-electron chi connectivity index (χ3n) is 11.0. The Bertz CT molecular complexity index is 1660. The number of aliphatic carboxylic acids is 1. The first kappa shape index (κ1) is 36.7. The summed E-state index contributed by atoms with van der Waals surface area (Å²) in [4.78, 5) is 49.0. The molecule has 1 aliphatic carbocycles. The molecule has 3 saturated heterocycles. The van der Waals surface area contributed by atoms with Crippen LogP contribution in [0.15, 0.2) is 48.0 Å². The van der Waals surface area contributed by atoms with E-state index in [0.717, 1.165) is 38.6 Å². The summed E-state index contributed by atoms with van der Waals surface area (Å²) in [6, 6.07) is 8.69. The molecule has 0 radical (unpaired) electrons. The number of rotatable bonds is 6. The van der Waals surface area contributed by atoms with Crippen molar-refractivity contribution in [2.75, 3.05) is 53.0 Å². The van der Waals surface area contributed by atoms with E-state index in [0.29, 0.717) is 36.7 Å². The Morgan fingerprint density at radius 3 is 2.40 bits per heavy atom. The molecule has 15 heteroatoms. The quantitative estimate of drug-likeness (QED) is 0.170. The fourth-order valence-corrected chi connectivity index (χ4v) is 9.17. The van der Waals surface area contributed by atoms with Crippen LogP contribution in [-0.2, 0) is 19.7 Å². The number of hydrogen-bond acceptors (Lipinski definition) is 11. The Hall–Kier alpha value is -4.57. The molecule has 1 spiro atoms. The number of aliphatic hydroxyl groups excluding tert-OH is 2. The molecule has 2 aromatic rings. The zero-order valence-electron chi connectivity index (χ0n) is 28.7. The van der Waals surface area contributed by atoms with Crippen LogP contribution in [0.25, 0.3) is 0 Å². The standard InChI is InChI=1S/C23H26N2O4.C10H10N2O5.2CH4O/c1-27-16-8-14-15(9-17(16)28-2)25-20(26)10-18-21-13-7-19-23(14,22(21)25)4-5-24(19)11-12(13)3-6-29-18;1-6(10(14)15)11-9(13)7-2-4-8(5-3-7)12(16)17;2*1-2/h3,8-9,13,18-19,21-22H,4-7,10-11H2,1-2H3;2-6H,1H3,(H,11,13)(H,14,15);2*2H,1H3/t13-,18-,19-,21-,22-,23+;6-;;/m01../s1. The molecule has 8 atom stereocenters. The molecular formula is C35H44N4O11. The summed E-state index contributed by atoms with van der Waals surface area (Å²) in [7, 11) is 5.37. The molecule has 1 saturated carbocycles. The molecule has 15 nitrogen and oxygen atoms in total. The van der Waals surface area contributed by atoms with Gasteiger partial charge in [0, 0.05) is 56.7 Å².